The van der Waals surface area contributed by atoms with Gasteiger partial charge in [-0.2, -0.15) is 0 Å². The van der Waals surface area contributed by atoms with Crippen LogP contribution in [-0.2, 0) is 11.3 Å². The number of aryl methyl sites for hydroxylation is 1. The van der Waals surface area contributed by atoms with Crippen LogP contribution in [0.25, 0.3) is 11.3 Å². The van der Waals surface area contributed by atoms with Crippen LogP contribution in [0.15, 0.2) is 54.6 Å². The van der Waals surface area contributed by atoms with Gasteiger partial charge in [0.2, 0.25) is 0 Å². The van der Waals surface area contributed by atoms with Crippen molar-refractivity contribution in [2.45, 2.75) is 26.8 Å². The van der Waals surface area contributed by atoms with Crippen molar-refractivity contribution in [3.63, 3.8) is 0 Å². The van der Waals surface area contributed by atoms with Gasteiger partial charge in [0.25, 0.3) is 5.91 Å². The topological polar surface area (TPSA) is 82.5 Å². The van der Waals surface area contributed by atoms with Crippen molar-refractivity contribution in [3.8, 4) is 11.3 Å². The molecule has 0 fully saturated rings. The number of nitrogens with one attached hydrogen (secondary N) is 1. The molecule has 0 unspecified atom stereocenters. The number of hydrogen-bond acceptors (Lipinski definition) is 5. The van der Waals surface area contributed by atoms with Crippen molar-refractivity contribution in [2.24, 2.45) is 0 Å². The summed E-state index contributed by atoms with van der Waals surface area (Å²) in [4.78, 5) is 30.9. The first-order valence-corrected chi connectivity index (χ1v) is 10.7. The van der Waals surface area contributed by atoms with Gasteiger partial charge in [-0.1, -0.05) is 42.5 Å². The Bertz CT molecular complexity index is 1000. The number of carbonyl (C=O) groups excluding carboxylic acids is 1. The highest BCUT2D eigenvalue weighted by atomic mass is 32.1. The van der Waals surface area contributed by atoms with Gasteiger partial charge in [0.15, 0.2) is 5.13 Å². The molecule has 0 aliphatic carbocycles. The Morgan fingerprint density at radius 3 is 2.43 bits per heavy atom. The Hall–Kier alpha value is -3.19. The van der Waals surface area contributed by atoms with E-state index in [1.54, 1.807) is 23.5 Å². The van der Waals surface area contributed by atoms with Crippen LogP contribution in [0.4, 0.5) is 5.13 Å². The van der Waals surface area contributed by atoms with Gasteiger partial charge in [-0.25, -0.2) is 4.98 Å². The van der Waals surface area contributed by atoms with E-state index in [1.807, 2.05) is 30.3 Å². The average Bonchev–Trinajstić information content (AvgIpc) is 3.14. The fraction of sp³-hybridized carbons (Fsp3) is 0.261. The monoisotopic (exact) mass is 423 g/mol. The van der Waals surface area contributed by atoms with Gasteiger partial charge in [0, 0.05) is 35.6 Å². The number of carbonyl (C=O) groups is 2. The fourth-order valence-electron chi connectivity index (χ4n) is 3.06. The molecule has 0 aliphatic heterocycles. The highest BCUT2D eigenvalue weighted by Gasteiger charge is 2.15. The summed E-state index contributed by atoms with van der Waals surface area (Å²) in [5.74, 6) is -1.20. The molecule has 156 valence electrons. The predicted molar refractivity (Wildman–Crippen MR) is 120 cm³/mol. The van der Waals surface area contributed by atoms with Crippen molar-refractivity contribution in [3.05, 3.63) is 70.6 Å². The van der Waals surface area contributed by atoms with Crippen LogP contribution >= 0.6 is 11.3 Å². The molecule has 1 aromatic heterocycles. The molecule has 2 N–H and O–H groups in total. The summed E-state index contributed by atoms with van der Waals surface area (Å²) in [6, 6.07) is 17.6. The van der Waals surface area contributed by atoms with E-state index in [9.17, 15) is 9.59 Å². The minimum atomic E-state index is -0.932. The number of benzene rings is 2. The van der Waals surface area contributed by atoms with Crippen LogP contribution < -0.4 is 10.2 Å². The molecule has 7 heteroatoms. The third kappa shape index (κ3) is 5.45. The number of thiazole rings is 1. The highest BCUT2D eigenvalue weighted by molar-refractivity contribution is 7.16. The number of rotatable bonds is 9. The minimum Gasteiger partial charge on any atom is -0.481 e. The molecule has 0 saturated carbocycles. The first-order valence-electron chi connectivity index (χ1n) is 9.84. The Morgan fingerprint density at radius 1 is 1.10 bits per heavy atom. The second kappa shape index (κ2) is 10.0. The van der Waals surface area contributed by atoms with E-state index >= 15 is 0 Å². The lowest BCUT2D eigenvalue weighted by molar-refractivity contribution is -0.136. The van der Waals surface area contributed by atoms with Gasteiger partial charge in [-0.3, -0.25) is 9.59 Å². The molecular weight excluding hydrogens is 398 g/mol. The zero-order valence-electron chi connectivity index (χ0n) is 17.1. The SMILES string of the molecule is CCN(Cc1ccc(C(=O)NCCC(=O)O)cc1)c1nc(-c2ccccc2)c(C)s1. The molecule has 0 atom stereocenters. The summed E-state index contributed by atoms with van der Waals surface area (Å²) in [7, 11) is 0. The molecule has 0 spiro atoms. The molecule has 1 amide bonds. The number of anilines is 1. The highest BCUT2D eigenvalue weighted by Crippen LogP contribution is 2.33. The summed E-state index contributed by atoms with van der Waals surface area (Å²) in [6.45, 7) is 5.82. The lowest BCUT2D eigenvalue weighted by Gasteiger charge is -2.20. The average molecular weight is 424 g/mol. The standard InChI is InChI=1S/C23H25N3O3S/c1-3-26(23-25-21(16(2)30-23)18-7-5-4-6-8-18)15-17-9-11-19(12-10-17)22(29)24-14-13-20(27)28/h4-12H,3,13-15H2,1-2H3,(H,24,29)(H,27,28). The van der Waals surface area contributed by atoms with E-state index in [4.69, 9.17) is 10.1 Å². The van der Waals surface area contributed by atoms with Crippen molar-refractivity contribution >= 4 is 28.3 Å². The number of carboxylic acids is 1. The quantitative estimate of drug-likeness (QED) is 0.535. The number of amides is 1. The molecule has 0 radical (unpaired) electrons. The summed E-state index contributed by atoms with van der Waals surface area (Å²) >= 11 is 1.68. The third-order valence-corrected chi connectivity index (χ3v) is 5.73. The molecule has 0 saturated heterocycles. The molecule has 1 heterocycles. The van der Waals surface area contributed by atoms with E-state index in [1.165, 1.54) is 4.88 Å². The maximum atomic E-state index is 12.1. The maximum Gasteiger partial charge on any atom is 0.305 e. The summed E-state index contributed by atoms with van der Waals surface area (Å²) in [6.07, 6.45) is -0.0898. The van der Waals surface area contributed by atoms with Crippen molar-refractivity contribution in [2.75, 3.05) is 18.0 Å². The largest absolute Gasteiger partial charge is 0.481 e. The first kappa shape index (κ1) is 21.5. The summed E-state index contributed by atoms with van der Waals surface area (Å²) in [5.41, 5.74) is 3.73. The number of aliphatic carboxylic acids is 1. The maximum absolute atomic E-state index is 12.1. The first-order chi connectivity index (χ1) is 14.5. The molecule has 0 bridgehead atoms. The van der Waals surface area contributed by atoms with Gasteiger partial charge < -0.3 is 15.3 Å². The lowest BCUT2D eigenvalue weighted by atomic mass is 10.1. The van der Waals surface area contributed by atoms with Crippen molar-refractivity contribution in [1.82, 2.24) is 10.3 Å². The molecule has 30 heavy (non-hydrogen) atoms. The van der Waals surface area contributed by atoms with Gasteiger partial charge in [-0.15, -0.1) is 11.3 Å². The number of nitrogens with zero attached hydrogens (tertiary/aromatic N) is 2. The normalized spacial score (nSPS) is 10.6. The van der Waals surface area contributed by atoms with Crippen LogP contribution in [0.3, 0.4) is 0 Å². The zero-order valence-corrected chi connectivity index (χ0v) is 17.9. The van der Waals surface area contributed by atoms with E-state index in [0.717, 1.165) is 28.5 Å². The molecule has 3 rings (SSSR count). The Labute approximate surface area is 180 Å². The van der Waals surface area contributed by atoms with Gasteiger partial charge in [0.05, 0.1) is 12.1 Å². The minimum absolute atomic E-state index is 0.0898. The molecule has 2 aromatic carbocycles. The van der Waals surface area contributed by atoms with E-state index < -0.39 is 5.97 Å². The fourth-order valence-corrected chi connectivity index (χ4v) is 4.06. The van der Waals surface area contributed by atoms with E-state index in [-0.39, 0.29) is 18.9 Å². The van der Waals surface area contributed by atoms with Crippen LogP contribution in [0.5, 0.6) is 0 Å². The second-order valence-corrected chi connectivity index (χ2v) is 8.06. The van der Waals surface area contributed by atoms with E-state index in [0.29, 0.717) is 12.1 Å². The molecular formula is C23H25N3O3S. The number of carboxylic acid groups (broad SMARTS) is 1. The van der Waals surface area contributed by atoms with Crippen molar-refractivity contribution < 1.29 is 14.7 Å². The lowest BCUT2D eigenvalue weighted by Crippen LogP contribution is -2.26. The Morgan fingerprint density at radius 2 is 1.80 bits per heavy atom. The van der Waals surface area contributed by atoms with Gasteiger partial charge >= 0.3 is 5.97 Å². The predicted octanol–water partition coefficient (Wildman–Crippen LogP) is 4.35. The number of aromatic nitrogens is 1. The van der Waals surface area contributed by atoms with Crippen LogP contribution in [0.2, 0.25) is 0 Å². The zero-order chi connectivity index (χ0) is 21.5. The number of hydrogen-bond donors (Lipinski definition) is 2. The van der Waals surface area contributed by atoms with Gasteiger partial charge in [0.1, 0.15) is 0 Å². The molecule has 3 aromatic rings. The van der Waals surface area contributed by atoms with Crippen LogP contribution in [0.1, 0.15) is 34.1 Å². The Kier molecular flexibility index (Phi) is 7.19. The van der Waals surface area contributed by atoms with Crippen LogP contribution in [0, 0.1) is 6.92 Å². The van der Waals surface area contributed by atoms with Crippen LogP contribution in [-0.4, -0.2) is 35.1 Å². The Balaban J connectivity index is 1.68. The molecule has 0 aliphatic rings. The van der Waals surface area contributed by atoms with Crippen molar-refractivity contribution in [1.29, 1.82) is 0 Å². The molecule has 6 nitrogen and oxygen atoms in total. The third-order valence-electron chi connectivity index (χ3n) is 4.70. The van der Waals surface area contributed by atoms with Gasteiger partial charge in [-0.05, 0) is 31.5 Å². The smallest absolute Gasteiger partial charge is 0.305 e. The second-order valence-electron chi connectivity index (χ2n) is 6.88. The summed E-state index contributed by atoms with van der Waals surface area (Å²) in [5, 5.41) is 12.2. The van der Waals surface area contributed by atoms with E-state index in [2.05, 4.69) is 36.2 Å². The summed E-state index contributed by atoms with van der Waals surface area (Å²) < 4.78 is 0.